The number of anilines is 1. The quantitative estimate of drug-likeness (QED) is 0.632. The molecule has 0 saturated heterocycles. The van der Waals surface area contributed by atoms with E-state index < -0.39 is 40.8 Å². The zero-order valence-corrected chi connectivity index (χ0v) is 15.4. The average molecular weight is 411 g/mol. The fourth-order valence-electron chi connectivity index (χ4n) is 1.99. The summed E-state index contributed by atoms with van der Waals surface area (Å²) in [5.41, 5.74) is 0.214. The Balaban J connectivity index is 2.78. The summed E-state index contributed by atoms with van der Waals surface area (Å²) in [6.45, 7) is 1.73. The number of sulfonamides is 1. The van der Waals surface area contributed by atoms with Gasteiger partial charge in [-0.25, -0.2) is 18.4 Å². The zero-order chi connectivity index (χ0) is 20.8. The van der Waals surface area contributed by atoms with Crippen LogP contribution in [0, 0.1) is 5.92 Å². The summed E-state index contributed by atoms with van der Waals surface area (Å²) in [4.78, 5) is 23.7. The molecule has 1 rings (SSSR count). The van der Waals surface area contributed by atoms with Crippen LogP contribution >= 0.6 is 0 Å². The largest absolute Gasteiger partial charge is 0.440 e. The van der Waals surface area contributed by atoms with Gasteiger partial charge in [0.25, 0.3) is 0 Å². The summed E-state index contributed by atoms with van der Waals surface area (Å²) in [6, 6.07) is 3.77. The third-order valence-corrected chi connectivity index (χ3v) is 4.06. The molecule has 0 bridgehead atoms. The topological polar surface area (TPSA) is 128 Å². The summed E-state index contributed by atoms with van der Waals surface area (Å²) in [7, 11) is -3.89. The number of hydrogen-bond acceptors (Lipinski definition) is 5. The zero-order valence-electron chi connectivity index (χ0n) is 14.5. The van der Waals surface area contributed by atoms with Crippen LogP contribution in [-0.2, 0) is 19.6 Å². The van der Waals surface area contributed by atoms with Crippen LogP contribution in [0.4, 0.5) is 23.7 Å². The van der Waals surface area contributed by atoms with E-state index in [4.69, 9.17) is 5.14 Å². The molecule has 0 aliphatic carbocycles. The van der Waals surface area contributed by atoms with Crippen molar-refractivity contribution in [3.8, 4) is 0 Å². The third kappa shape index (κ3) is 8.73. The molecule has 0 unspecified atom stereocenters. The molecule has 1 atom stereocenters. The summed E-state index contributed by atoms with van der Waals surface area (Å²) in [6.07, 6.45) is -5.92. The molecule has 0 spiro atoms. The van der Waals surface area contributed by atoms with Gasteiger partial charge in [-0.1, -0.05) is 13.8 Å². The van der Waals surface area contributed by atoms with E-state index in [0.29, 0.717) is 0 Å². The van der Waals surface area contributed by atoms with Gasteiger partial charge in [-0.3, -0.25) is 4.79 Å². The first-order valence-corrected chi connectivity index (χ1v) is 9.26. The van der Waals surface area contributed by atoms with Crippen LogP contribution in [0.1, 0.15) is 20.3 Å². The van der Waals surface area contributed by atoms with E-state index in [0.717, 1.165) is 0 Å². The van der Waals surface area contributed by atoms with Gasteiger partial charge in [0.1, 0.15) is 6.04 Å². The monoisotopic (exact) mass is 411 g/mol. The molecule has 0 heterocycles. The van der Waals surface area contributed by atoms with Gasteiger partial charge in [0.15, 0.2) is 6.61 Å². The van der Waals surface area contributed by atoms with Crippen molar-refractivity contribution in [2.24, 2.45) is 11.1 Å². The highest BCUT2D eigenvalue weighted by Gasteiger charge is 2.31. The molecule has 1 aromatic carbocycles. The summed E-state index contributed by atoms with van der Waals surface area (Å²) >= 11 is 0. The molecular weight excluding hydrogens is 391 g/mol. The number of alkyl carbamates (subject to hydrolysis) is 1. The minimum Gasteiger partial charge on any atom is -0.440 e. The number of benzene rings is 1. The maximum atomic E-state index is 12.3. The van der Waals surface area contributed by atoms with E-state index >= 15 is 0 Å². The van der Waals surface area contributed by atoms with Crippen LogP contribution in [0.5, 0.6) is 0 Å². The number of carbonyl (C=O) groups excluding carboxylic acids is 2. The summed E-state index contributed by atoms with van der Waals surface area (Å²) in [5.74, 6) is -0.760. The van der Waals surface area contributed by atoms with Crippen LogP contribution in [0.3, 0.4) is 0 Å². The van der Waals surface area contributed by atoms with Crippen LogP contribution in [-0.4, -0.2) is 39.2 Å². The smallest absolute Gasteiger partial charge is 0.422 e. The lowest BCUT2D eigenvalue weighted by Crippen LogP contribution is -2.45. The standard InChI is InChI=1S/C15H20F3N3O5S/c1-9(2)7-12(21-14(23)26-8-15(16,17)18)13(22)20-10-3-5-11(6-4-10)27(19,24)25/h3-6,9,12H,7-8H2,1-2H3,(H,20,22)(H,21,23)(H2,19,24,25)/t12-/m0/s1. The van der Waals surface area contributed by atoms with Crippen molar-refractivity contribution in [1.29, 1.82) is 0 Å². The maximum Gasteiger partial charge on any atom is 0.422 e. The Morgan fingerprint density at radius 1 is 1.19 bits per heavy atom. The van der Waals surface area contributed by atoms with Crippen molar-refractivity contribution in [2.45, 2.75) is 37.4 Å². The molecular formula is C15H20F3N3O5S. The predicted molar refractivity (Wildman–Crippen MR) is 90.2 cm³/mol. The van der Waals surface area contributed by atoms with Crippen molar-refractivity contribution < 1.29 is 35.9 Å². The number of amides is 2. The Labute approximate surface area is 154 Å². The molecule has 0 aliphatic rings. The van der Waals surface area contributed by atoms with Gasteiger partial charge in [0.05, 0.1) is 4.90 Å². The molecule has 4 N–H and O–H groups in total. The molecule has 2 amide bonds. The van der Waals surface area contributed by atoms with E-state index in [9.17, 15) is 31.2 Å². The normalized spacial score (nSPS) is 13.1. The lowest BCUT2D eigenvalue weighted by atomic mass is 10.0. The van der Waals surface area contributed by atoms with Gasteiger partial charge in [-0.05, 0) is 36.6 Å². The maximum absolute atomic E-state index is 12.3. The molecule has 0 aliphatic heterocycles. The Bertz CT molecular complexity index is 764. The highest BCUT2D eigenvalue weighted by atomic mass is 32.2. The molecule has 0 aromatic heterocycles. The van der Waals surface area contributed by atoms with Crippen LogP contribution in [0.2, 0.25) is 0 Å². The average Bonchev–Trinajstić information content (AvgIpc) is 2.51. The van der Waals surface area contributed by atoms with Crippen LogP contribution in [0.15, 0.2) is 29.2 Å². The van der Waals surface area contributed by atoms with Gasteiger partial charge < -0.3 is 15.4 Å². The van der Waals surface area contributed by atoms with Gasteiger partial charge in [-0.15, -0.1) is 0 Å². The number of rotatable bonds is 7. The predicted octanol–water partition coefficient (Wildman–Crippen LogP) is 1.98. The highest BCUT2D eigenvalue weighted by Crippen LogP contribution is 2.16. The minimum atomic E-state index is -4.68. The Morgan fingerprint density at radius 2 is 1.74 bits per heavy atom. The molecule has 0 saturated carbocycles. The van der Waals surface area contributed by atoms with E-state index in [1.807, 2.05) is 0 Å². The number of carbonyl (C=O) groups is 2. The summed E-state index contributed by atoms with van der Waals surface area (Å²) in [5, 5.41) is 9.49. The number of halogens is 3. The first-order chi connectivity index (χ1) is 12.3. The molecule has 8 nitrogen and oxygen atoms in total. The lowest BCUT2D eigenvalue weighted by molar-refractivity contribution is -0.160. The first-order valence-electron chi connectivity index (χ1n) is 7.71. The van der Waals surface area contributed by atoms with Crippen molar-refractivity contribution >= 4 is 27.7 Å². The molecule has 152 valence electrons. The number of primary sulfonamides is 1. The SMILES string of the molecule is CC(C)C[C@H](NC(=O)OCC(F)(F)F)C(=O)Nc1ccc(S(N)(=O)=O)cc1. The Morgan fingerprint density at radius 3 is 2.19 bits per heavy atom. The van der Waals surface area contributed by atoms with Crippen molar-refractivity contribution in [1.82, 2.24) is 5.32 Å². The van der Waals surface area contributed by atoms with Gasteiger partial charge in [-0.2, -0.15) is 13.2 Å². The van der Waals surface area contributed by atoms with E-state index in [2.05, 4.69) is 15.4 Å². The second-order valence-corrected chi connectivity index (χ2v) is 7.64. The van der Waals surface area contributed by atoms with E-state index in [-0.39, 0.29) is 22.9 Å². The number of alkyl halides is 3. The molecule has 12 heteroatoms. The highest BCUT2D eigenvalue weighted by molar-refractivity contribution is 7.89. The second-order valence-electron chi connectivity index (χ2n) is 6.08. The Kier molecular flexibility index (Phi) is 7.60. The number of nitrogens with one attached hydrogen (secondary N) is 2. The van der Waals surface area contributed by atoms with E-state index in [1.165, 1.54) is 24.3 Å². The van der Waals surface area contributed by atoms with E-state index in [1.54, 1.807) is 13.8 Å². The van der Waals surface area contributed by atoms with Gasteiger partial charge >= 0.3 is 12.3 Å². The minimum absolute atomic E-state index is 0.0616. The number of ether oxygens (including phenoxy) is 1. The molecule has 0 fully saturated rings. The fraction of sp³-hybridized carbons (Fsp3) is 0.467. The molecule has 27 heavy (non-hydrogen) atoms. The van der Waals surface area contributed by atoms with Crippen molar-refractivity contribution in [3.05, 3.63) is 24.3 Å². The van der Waals surface area contributed by atoms with Gasteiger partial charge in [0.2, 0.25) is 15.9 Å². The second kappa shape index (κ2) is 9.04. The number of hydrogen-bond donors (Lipinski definition) is 3. The summed E-state index contributed by atoms with van der Waals surface area (Å²) < 4.78 is 62.7. The van der Waals surface area contributed by atoms with Crippen LogP contribution < -0.4 is 15.8 Å². The first kappa shape index (κ1) is 22.7. The third-order valence-electron chi connectivity index (χ3n) is 3.13. The lowest BCUT2D eigenvalue weighted by Gasteiger charge is -2.20. The Hall–Kier alpha value is -2.34. The van der Waals surface area contributed by atoms with Gasteiger partial charge in [0, 0.05) is 5.69 Å². The van der Waals surface area contributed by atoms with Crippen molar-refractivity contribution in [3.63, 3.8) is 0 Å². The number of nitrogens with two attached hydrogens (primary N) is 1. The van der Waals surface area contributed by atoms with Crippen molar-refractivity contribution in [2.75, 3.05) is 11.9 Å². The molecule has 1 aromatic rings. The van der Waals surface area contributed by atoms with Crippen LogP contribution in [0.25, 0.3) is 0 Å². The fourth-order valence-corrected chi connectivity index (χ4v) is 2.51. The molecule has 0 radical (unpaired) electrons.